The minimum Gasteiger partial charge on any atom is -0.315 e. The summed E-state index contributed by atoms with van der Waals surface area (Å²) in [5, 5.41) is 3.40. The Morgan fingerprint density at radius 2 is 2.50 bits per heavy atom. The summed E-state index contributed by atoms with van der Waals surface area (Å²) in [5.41, 5.74) is 0. The lowest BCUT2D eigenvalue weighted by molar-refractivity contribution is 0.251. The number of rotatable bonds is 3. The Balaban J connectivity index is 1.90. The van der Waals surface area contributed by atoms with Crippen molar-refractivity contribution in [1.82, 2.24) is 10.2 Å². The van der Waals surface area contributed by atoms with E-state index in [2.05, 4.69) is 45.3 Å². The zero-order valence-electron chi connectivity index (χ0n) is 8.29. The third kappa shape index (κ3) is 2.57. The standard InChI is InChI=1S/C10H15BrN2S/c1-13(8-4-5-12-6-8)7-9-2-3-10(11)14-9/h2-3,8,12H,4-7H2,1H3. The molecule has 1 unspecified atom stereocenters. The molecule has 0 amide bonds. The molecular weight excluding hydrogens is 260 g/mol. The van der Waals surface area contributed by atoms with Crippen LogP contribution in [0.3, 0.4) is 0 Å². The lowest BCUT2D eigenvalue weighted by atomic mass is 10.2. The summed E-state index contributed by atoms with van der Waals surface area (Å²) in [4.78, 5) is 3.88. The van der Waals surface area contributed by atoms with Crippen molar-refractivity contribution in [1.29, 1.82) is 0 Å². The summed E-state index contributed by atoms with van der Waals surface area (Å²) in [5.74, 6) is 0. The molecular formula is C10H15BrN2S. The van der Waals surface area contributed by atoms with Crippen LogP contribution in [0.4, 0.5) is 0 Å². The van der Waals surface area contributed by atoms with Crippen molar-refractivity contribution in [3.8, 4) is 0 Å². The molecule has 1 fully saturated rings. The molecule has 0 aliphatic carbocycles. The van der Waals surface area contributed by atoms with Crippen LogP contribution in [0.25, 0.3) is 0 Å². The normalized spacial score (nSPS) is 22.1. The Bertz CT molecular complexity index is 294. The molecule has 0 saturated carbocycles. The van der Waals surface area contributed by atoms with Crippen LogP contribution in [-0.2, 0) is 6.54 Å². The minimum absolute atomic E-state index is 0.718. The smallest absolute Gasteiger partial charge is 0.0701 e. The van der Waals surface area contributed by atoms with Gasteiger partial charge >= 0.3 is 0 Å². The van der Waals surface area contributed by atoms with Gasteiger partial charge in [0.15, 0.2) is 0 Å². The monoisotopic (exact) mass is 274 g/mol. The maximum absolute atomic E-state index is 3.49. The molecule has 0 radical (unpaired) electrons. The first-order chi connectivity index (χ1) is 6.75. The van der Waals surface area contributed by atoms with Crippen LogP contribution in [0.15, 0.2) is 15.9 Å². The first kappa shape index (κ1) is 10.6. The van der Waals surface area contributed by atoms with E-state index in [4.69, 9.17) is 0 Å². The highest BCUT2D eigenvalue weighted by Gasteiger charge is 2.19. The average molecular weight is 275 g/mol. The summed E-state index contributed by atoms with van der Waals surface area (Å²) >= 11 is 5.32. The van der Waals surface area contributed by atoms with Crippen molar-refractivity contribution in [2.24, 2.45) is 0 Å². The highest BCUT2D eigenvalue weighted by atomic mass is 79.9. The molecule has 1 atom stereocenters. The summed E-state index contributed by atoms with van der Waals surface area (Å²) in [6.45, 7) is 3.38. The van der Waals surface area contributed by atoms with E-state index in [-0.39, 0.29) is 0 Å². The Kier molecular flexibility index (Phi) is 3.60. The van der Waals surface area contributed by atoms with E-state index < -0.39 is 0 Å². The van der Waals surface area contributed by atoms with Crippen LogP contribution in [0, 0.1) is 0 Å². The molecule has 0 spiro atoms. The van der Waals surface area contributed by atoms with Crippen LogP contribution in [0.2, 0.25) is 0 Å². The number of nitrogens with zero attached hydrogens (tertiary/aromatic N) is 1. The van der Waals surface area contributed by atoms with Gasteiger partial charge in [0.25, 0.3) is 0 Å². The van der Waals surface area contributed by atoms with Crippen molar-refractivity contribution < 1.29 is 0 Å². The fraction of sp³-hybridized carbons (Fsp3) is 0.600. The number of hydrogen-bond donors (Lipinski definition) is 1. The zero-order valence-corrected chi connectivity index (χ0v) is 10.7. The minimum atomic E-state index is 0.718. The van der Waals surface area contributed by atoms with Gasteiger partial charge in [0.2, 0.25) is 0 Å². The van der Waals surface area contributed by atoms with Crippen molar-refractivity contribution in [2.45, 2.75) is 19.0 Å². The second kappa shape index (κ2) is 4.75. The molecule has 4 heteroatoms. The van der Waals surface area contributed by atoms with Gasteiger partial charge in [-0.25, -0.2) is 0 Å². The van der Waals surface area contributed by atoms with Crippen molar-refractivity contribution in [3.05, 3.63) is 20.8 Å². The van der Waals surface area contributed by atoms with Gasteiger partial charge in [-0.15, -0.1) is 11.3 Å². The van der Waals surface area contributed by atoms with Gasteiger partial charge in [-0.1, -0.05) is 0 Å². The summed E-state index contributed by atoms with van der Waals surface area (Å²) in [6.07, 6.45) is 1.28. The molecule has 2 heterocycles. The molecule has 1 N–H and O–H groups in total. The summed E-state index contributed by atoms with van der Waals surface area (Å²) in [7, 11) is 2.21. The van der Waals surface area contributed by atoms with Crippen molar-refractivity contribution >= 4 is 27.3 Å². The molecule has 1 aromatic heterocycles. The number of nitrogens with one attached hydrogen (secondary N) is 1. The largest absolute Gasteiger partial charge is 0.315 e. The highest BCUT2D eigenvalue weighted by molar-refractivity contribution is 9.11. The molecule has 14 heavy (non-hydrogen) atoms. The second-order valence-corrected chi connectivity index (χ2v) is 6.32. The third-order valence-corrected chi connectivity index (χ3v) is 4.30. The molecule has 0 bridgehead atoms. The van der Waals surface area contributed by atoms with Crippen molar-refractivity contribution in [3.63, 3.8) is 0 Å². The van der Waals surface area contributed by atoms with Crippen LogP contribution >= 0.6 is 27.3 Å². The molecule has 2 nitrogen and oxygen atoms in total. The Labute approximate surface area is 97.4 Å². The molecule has 2 rings (SSSR count). The van der Waals surface area contributed by atoms with E-state index in [1.165, 1.54) is 21.6 Å². The second-order valence-electron chi connectivity index (χ2n) is 3.77. The van der Waals surface area contributed by atoms with Crippen molar-refractivity contribution in [2.75, 3.05) is 20.1 Å². The maximum atomic E-state index is 3.49. The molecule has 1 aliphatic heterocycles. The fourth-order valence-corrected chi connectivity index (χ4v) is 3.37. The van der Waals surface area contributed by atoms with Gasteiger partial charge in [0.1, 0.15) is 0 Å². The summed E-state index contributed by atoms with van der Waals surface area (Å²) < 4.78 is 1.23. The highest BCUT2D eigenvalue weighted by Crippen LogP contribution is 2.23. The predicted octanol–water partition coefficient (Wildman–Crippen LogP) is 2.30. The zero-order chi connectivity index (χ0) is 9.97. The van der Waals surface area contributed by atoms with E-state index in [9.17, 15) is 0 Å². The average Bonchev–Trinajstić information content (AvgIpc) is 2.75. The predicted molar refractivity (Wildman–Crippen MR) is 64.8 cm³/mol. The summed E-state index contributed by atoms with van der Waals surface area (Å²) in [6, 6.07) is 5.05. The van der Waals surface area contributed by atoms with Gasteiger partial charge in [-0.3, -0.25) is 4.90 Å². The van der Waals surface area contributed by atoms with E-state index in [0.29, 0.717) is 0 Å². The number of halogens is 1. The quantitative estimate of drug-likeness (QED) is 0.910. The van der Waals surface area contributed by atoms with Gasteiger partial charge < -0.3 is 5.32 Å². The van der Waals surface area contributed by atoms with Gasteiger partial charge in [0.05, 0.1) is 3.79 Å². The first-order valence-corrected chi connectivity index (χ1v) is 6.52. The lowest BCUT2D eigenvalue weighted by Crippen LogP contribution is -2.32. The third-order valence-electron chi connectivity index (χ3n) is 2.69. The lowest BCUT2D eigenvalue weighted by Gasteiger charge is -2.22. The number of likely N-dealkylation sites (N-methyl/N-ethyl adjacent to an activating group) is 1. The molecule has 1 saturated heterocycles. The maximum Gasteiger partial charge on any atom is 0.0701 e. The van der Waals surface area contributed by atoms with Crippen LogP contribution < -0.4 is 5.32 Å². The van der Waals surface area contributed by atoms with Gasteiger partial charge in [-0.2, -0.15) is 0 Å². The van der Waals surface area contributed by atoms with Crippen LogP contribution in [-0.4, -0.2) is 31.1 Å². The van der Waals surface area contributed by atoms with E-state index in [0.717, 1.165) is 19.1 Å². The molecule has 1 aliphatic rings. The molecule has 78 valence electrons. The molecule has 1 aromatic rings. The van der Waals surface area contributed by atoms with E-state index in [1.54, 1.807) is 0 Å². The Hall–Kier alpha value is 0.1000. The number of hydrogen-bond acceptors (Lipinski definition) is 3. The van der Waals surface area contributed by atoms with E-state index in [1.807, 2.05) is 11.3 Å². The van der Waals surface area contributed by atoms with Crippen LogP contribution in [0.1, 0.15) is 11.3 Å². The van der Waals surface area contributed by atoms with E-state index >= 15 is 0 Å². The SMILES string of the molecule is CN(Cc1ccc(Br)s1)C1CCNC1. The fourth-order valence-electron chi connectivity index (χ4n) is 1.83. The van der Waals surface area contributed by atoms with Gasteiger partial charge in [-0.05, 0) is 48.1 Å². The Morgan fingerprint density at radius 1 is 1.64 bits per heavy atom. The first-order valence-electron chi connectivity index (χ1n) is 4.91. The van der Waals surface area contributed by atoms with Gasteiger partial charge in [0, 0.05) is 24.0 Å². The number of thiophene rings is 1. The Morgan fingerprint density at radius 3 is 3.07 bits per heavy atom. The topological polar surface area (TPSA) is 15.3 Å². The van der Waals surface area contributed by atoms with Crippen LogP contribution in [0.5, 0.6) is 0 Å². The molecule has 0 aromatic carbocycles.